The van der Waals surface area contributed by atoms with Gasteiger partial charge in [-0.1, -0.05) is 0 Å². The summed E-state index contributed by atoms with van der Waals surface area (Å²) in [6.45, 7) is 1.67. The lowest BCUT2D eigenvalue weighted by molar-refractivity contribution is -0.142. The second-order valence-electron chi connectivity index (χ2n) is 1.91. The normalized spacial score (nSPS) is 9.30. The van der Waals surface area contributed by atoms with Crippen molar-refractivity contribution in [3.8, 4) is 0 Å². The average Bonchev–Trinajstić information content (AvgIpc) is 2.34. The van der Waals surface area contributed by atoms with E-state index >= 15 is 0 Å². The molecule has 54 valence electrons. The Morgan fingerprint density at radius 2 is 2.60 bits per heavy atom. The fourth-order valence-corrected chi connectivity index (χ4v) is 0.560. The zero-order valence-electron chi connectivity index (χ0n) is 5.66. The summed E-state index contributed by atoms with van der Waals surface area (Å²) in [6.07, 6.45) is 3.09. The molecule has 1 heterocycles. The van der Waals surface area contributed by atoms with Crippen molar-refractivity contribution in [1.82, 2.24) is 0 Å². The molecule has 0 unspecified atom stereocenters. The van der Waals surface area contributed by atoms with Gasteiger partial charge in [-0.3, -0.25) is 4.79 Å². The van der Waals surface area contributed by atoms with Crippen LogP contribution in [0.25, 0.3) is 0 Å². The summed E-state index contributed by atoms with van der Waals surface area (Å²) in [7, 11) is 0. The van der Waals surface area contributed by atoms with Crippen molar-refractivity contribution in [3.63, 3.8) is 0 Å². The van der Waals surface area contributed by atoms with Crippen LogP contribution in [0.15, 0.2) is 23.0 Å². The zero-order valence-corrected chi connectivity index (χ0v) is 5.66. The Bertz CT molecular complexity index is 201. The van der Waals surface area contributed by atoms with E-state index in [0.29, 0.717) is 6.61 Å². The summed E-state index contributed by atoms with van der Waals surface area (Å²) in [5, 5.41) is 0. The fraction of sp³-hybridized carbons (Fsp3) is 0.286. The Kier molecular flexibility index (Phi) is 2.10. The van der Waals surface area contributed by atoms with Crippen molar-refractivity contribution in [2.24, 2.45) is 0 Å². The maximum absolute atomic E-state index is 10.3. The van der Waals surface area contributed by atoms with E-state index in [4.69, 9.17) is 4.42 Å². The molecule has 0 aliphatic carbocycles. The Balaban J connectivity index is 2.35. The Morgan fingerprint density at radius 1 is 1.80 bits per heavy atom. The third-order valence-electron chi connectivity index (χ3n) is 1.02. The number of hydrogen-bond donors (Lipinski definition) is 0. The van der Waals surface area contributed by atoms with Crippen LogP contribution in [0.5, 0.6) is 0 Å². The predicted octanol–water partition coefficient (Wildman–Crippen LogP) is 1.34. The van der Waals surface area contributed by atoms with E-state index in [1.54, 1.807) is 18.6 Å². The van der Waals surface area contributed by atoms with Crippen molar-refractivity contribution < 1.29 is 13.9 Å². The smallest absolute Gasteiger partial charge is 0.302 e. The maximum Gasteiger partial charge on any atom is 0.302 e. The lowest BCUT2D eigenvalue weighted by Crippen LogP contribution is -1.97. The highest BCUT2D eigenvalue weighted by molar-refractivity contribution is 5.65. The first-order chi connectivity index (χ1) is 4.79. The van der Waals surface area contributed by atoms with Gasteiger partial charge in [-0.2, -0.15) is 0 Å². The molecule has 0 fully saturated rings. The van der Waals surface area contributed by atoms with Gasteiger partial charge in [0.2, 0.25) is 0 Å². The topological polar surface area (TPSA) is 39.4 Å². The molecule has 1 aromatic heterocycles. The van der Waals surface area contributed by atoms with Gasteiger partial charge in [-0.15, -0.1) is 0 Å². The predicted molar refractivity (Wildman–Crippen MR) is 34.2 cm³/mol. The maximum atomic E-state index is 10.3. The van der Waals surface area contributed by atoms with Gasteiger partial charge in [-0.25, -0.2) is 0 Å². The second-order valence-corrected chi connectivity index (χ2v) is 1.91. The van der Waals surface area contributed by atoms with Crippen molar-refractivity contribution in [1.29, 1.82) is 0 Å². The van der Waals surface area contributed by atoms with Crippen molar-refractivity contribution in [2.75, 3.05) is 0 Å². The minimum atomic E-state index is -0.277. The Labute approximate surface area is 58.6 Å². The first-order valence-corrected chi connectivity index (χ1v) is 2.93. The van der Waals surface area contributed by atoms with Gasteiger partial charge in [0.25, 0.3) is 0 Å². The van der Waals surface area contributed by atoms with Crippen LogP contribution in [0.1, 0.15) is 12.5 Å². The quantitative estimate of drug-likeness (QED) is 0.582. The largest absolute Gasteiger partial charge is 0.472 e. The van der Waals surface area contributed by atoms with Gasteiger partial charge < -0.3 is 9.15 Å². The van der Waals surface area contributed by atoms with Crippen LogP contribution in [0.2, 0.25) is 0 Å². The molecule has 0 saturated heterocycles. The third kappa shape index (κ3) is 1.93. The molecule has 0 aliphatic heterocycles. The SMILES string of the molecule is CC(=O)OCc1ccoc1. The van der Waals surface area contributed by atoms with E-state index in [1.165, 1.54) is 6.92 Å². The van der Waals surface area contributed by atoms with Gasteiger partial charge in [0.1, 0.15) is 6.61 Å². The molecule has 0 bridgehead atoms. The molecule has 0 N–H and O–H groups in total. The lowest BCUT2D eigenvalue weighted by atomic mass is 10.4. The Morgan fingerprint density at radius 3 is 3.10 bits per heavy atom. The van der Waals surface area contributed by atoms with Crippen molar-refractivity contribution >= 4 is 5.97 Å². The molecule has 10 heavy (non-hydrogen) atoms. The fourth-order valence-electron chi connectivity index (χ4n) is 0.560. The molecule has 0 aromatic carbocycles. The van der Waals surface area contributed by atoms with Gasteiger partial charge in [0, 0.05) is 12.5 Å². The summed E-state index contributed by atoms with van der Waals surface area (Å²) < 4.78 is 9.44. The summed E-state index contributed by atoms with van der Waals surface area (Å²) >= 11 is 0. The summed E-state index contributed by atoms with van der Waals surface area (Å²) in [6, 6.07) is 1.75. The van der Waals surface area contributed by atoms with Crippen LogP contribution in [0, 0.1) is 0 Å². The van der Waals surface area contributed by atoms with E-state index in [2.05, 4.69) is 4.74 Å². The number of carbonyl (C=O) groups is 1. The van der Waals surface area contributed by atoms with Crippen LogP contribution in [0.4, 0.5) is 0 Å². The molecule has 0 atom stereocenters. The molecule has 0 saturated carbocycles. The molecule has 0 spiro atoms. The lowest BCUT2D eigenvalue weighted by Gasteiger charge is -1.95. The first kappa shape index (κ1) is 6.86. The van der Waals surface area contributed by atoms with E-state index < -0.39 is 0 Å². The standard InChI is InChI=1S/C7H8O3/c1-6(8)10-5-7-2-3-9-4-7/h2-4H,5H2,1H3. The Hall–Kier alpha value is -1.25. The molecular formula is C7H8O3. The molecule has 0 radical (unpaired) electrons. The van der Waals surface area contributed by atoms with Crippen LogP contribution in [0.3, 0.4) is 0 Å². The van der Waals surface area contributed by atoms with Crippen molar-refractivity contribution in [3.05, 3.63) is 24.2 Å². The molecular weight excluding hydrogens is 132 g/mol. The van der Waals surface area contributed by atoms with E-state index in [-0.39, 0.29) is 5.97 Å². The number of carbonyl (C=O) groups excluding carboxylic acids is 1. The molecule has 1 rings (SSSR count). The van der Waals surface area contributed by atoms with Gasteiger partial charge >= 0.3 is 5.97 Å². The highest BCUT2D eigenvalue weighted by atomic mass is 16.5. The van der Waals surface area contributed by atoms with Crippen LogP contribution in [-0.4, -0.2) is 5.97 Å². The minimum Gasteiger partial charge on any atom is -0.472 e. The number of hydrogen-bond acceptors (Lipinski definition) is 3. The molecule has 0 aliphatic rings. The number of furan rings is 1. The number of rotatable bonds is 2. The molecule has 0 amide bonds. The van der Waals surface area contributed by atoms with Crippen LogP contribution in [-0.2, 0) is 16.1 Å². The van der Waals surface area contributed by atoms with E-state index in [9.17, 15) is 4.79 Å². The van der Waals surface area contributed by atoms with Gasteiger partial charge in [0.05, 0.1) is 12.5 Å². The van der Waals surface area contributed by atoms with Gasteiger partial charge in [0.15, 0.2) is 0 Å². The zero-order chi connectivity index (χ0) is 7.40. The minimum absolute atomic E-state index is 0.277. The summed E-state index contributed by atoms with van der Waals surface area (Å²) in [5.41, 5.74) is 0.871. The third-order valence-corrected chi connectivity index (χ3v) is 1.02. The number of ether oxygens (including phenoxy) is 1. The van der Waals surface area contributed by atoms with E-state index in [0.717, 1.165) is 5.56 Å². The summed E-state index contributed by atoms with van der Waals surface area (Å²) in [5.74, 6) is -0.277. The average molecular weight is 140 g/mol. The number of esters is 1. The van der Waals surface area contributed by atoms with Crippen LogP contribution < -0.4 is 0 Å². The highest BCUT2D eigenvalue weighted by Gasteiger charge is 1.95. The van der Waals surface area contributed by atoms with Crippen LogP contribution >= 0.6 is 0 Å². The van der Waals surface area contributed by atoms with Crippen molar-refractivity contribution in [2.45, 2.75) is 13.5 Å². The summed E-state index contributed by atoms with van der Waals surface area (Å²) in [4.78, 5) is 10.3. The molecule has 3 nitrogen and oxygen atoms in total. The molecule has 3 heteroatoms. The first-order valence-electron chi connectivity index (χ1n) is 2.93. The van der Waals surface area contributed by atoms with E-state index in [1.807, 2.05) is 0 Å². The molecule has 1 aromatic rings. The van der Waals surface area contributed by atoms with Gasteiger partial charge in [-0.05, 0) is 6.07 Å². The highest BCUT2D eigenvalue weighted by Crippen LogP contribution is 2.01. The monoisotopic (exact) mass is 140 g/mol. The second kappa shape index (κ2) is 3.06.